The van der Waals surface area contributed by atoms with Crippen molar-refractivity contribution in [2.75, 3.05) is 18.4 Å². The summed E-state index contributed by atoms with van der Waals surface area (Å²) < 4.78 is 1.71. The van der Waals surface area contributed by atoms with E-state index in [4.69, 9.17) is 5.10 Å². The van der Waals surface area contributed by atoms with Gasteiger partial charge in [-0.15, -0.1) is 0 Å². The van der Waals surface area contributed by atoms with Crippen LogP contribution < -0.4 is 5.32 Å². The molecule has 2 amide bonds. The van der Waals surface area contributed by atoms with Crippen molar-refractivity contribution in [1.82, 2.24) is 14.7 Å². The summed E-state index contributed by atoms with van der Waals surface area (Å²) in [7, 11) is 0. The molecular weight excluding hydrogens is 458 g/mol. The quantitative estimate of drug-likeness (QED) is 0.347. The van der Waals surface area contributed by atoms with Crippen LogP contribution in [0.4, 0.5) is 11.5 Å². The first-order valence-corrected chi connectivity index (χ1v) is 11.9. The highest BCUT2D eigenvalue weighted by Crippen LogP contribution is 2.27. The first-order chi connectivity index (χ1) is 16.9. The Morgan fingerprint density at radius 2 is 1.81 bits per heavy atom. The predicted octanol–water partition coefficient (Wildman–Crippen LogP) is 5.12. The molecule has 1 aromatic heterocycles. The van der Waals surface area contributed by atoms with Crippen molar-refractivity contribution >= 4 is 23.3 Å². The molecule has 2 aromatic carbocycles. The molecular formula is C27H33N5O4. The molecule has 0 aliphatic rings. The number of benzene rings is 2. The summed E-state index contributed by atoms with van der Waals surface area (Å²) in [5, 5.41) is 18.8. The first-order valence-electron chi connectivity index (χ1n) is 11.9. The summed E-state index contributed by atoms with van der Waals surface area (Å²) in [4.78, 5) is 38.4. The normalized spacial score (nSPS) is 11.4. The minimum Gasteiger partial charge on any atom is -0.329 e. The average molecular weight is 492 g/mol. The second-order valence-electron chi connectivity index (χ2n) is 10.3. The molecule has 0 aliphatic carbocycles. The number of hydrogen-bond donors (Lipinski definition) is 1. The number of anilines is 1. The Balaban J connectivity index is 1.90. The molecule has 0 atom stereocenters. The summed E-state index contributed by atoms with van der Waals surface area (Å²) in [6, 6.07) is 15.1. The number of nitro groups is 1. The summed E-state index contributed by atoms with van der Waals surface area (Å²) in [6.45, 7) is 12.1. The van der Waals surface area contributed by atoms with E-state index in [0.717, 1.165) is 16.9 Å². The number of amides is 2. The lowest BCUT2D eigenvalue weighted by molar-refractivity contribution is -0.384. The van der Waals surface area contributed by atoms with Crippen molar-refractivity contribution in [3.05, 3.63) is 81.5 Å². The van der Waals surface area contributed by atoms with Crippen LogP contribution in [0, 0.1) is 23.0 Å². The van der Waals surface area contributed by atoms with Gasteiger partial charge in [0.2, 0.25) is 5.91 Å². The van der Waals surface area contributed by atoms with Gasteiger partial charge in [0.05, 0.1) is 16.3 Å². The Morgan fingerprint density at radius 1 is 1.11 bits per heavy atom. The topological polar surface area (TPSA) is 110 Å². The lowest BCUT2D eigenvalue weighted by Crippen LogP contribution is -2.40. The summed E-state index contributed by atoms with van der Waals surface area (Å²) in [5.74, 6) is -0.230. The van der Waals surface area contributed by atoms with E-state index in [9.17, 15) is 19.7 Å². The summed E-state index contributed by atoms with van der Waals surface area (Å²) in [5.41, 5.74) is 2.40. The Bertz CT molecular complexity index is 1270. The minimum absolute atomic E-state index is 0.0884. The maximum absolute atomic E-state index is 13.2. The number of carbonyl (C=O) groups is 2. The maximum Gasteiger partial charge on any atom is 0.270 e. The molecule has 0 spiro atoms. The van der Waals surface area contributed by atoms with Crippen molar-refractivity contribution in [1.29, 1.82) is 0 Å². The van der Waals surface area contributed by atoms with Crippen LogP contribution in [0.1, 0.15) is 56.2 Å². The SMILES string of the molecule is Cc1ccccc1-n1nc(C(C)(C)C)cc1NC(=O)CN(CC(C)C)C(=O)c1cccc([N+](=O)[O-])c1. The molecule has 3 aromatic rings. The molecule has 9 nitrogen and oxygen atoms in total. The van der Waals surface area contributed by atoms with E-state index in [-0.39, 0.29) is 35.0 Å². The van der Waals surface area contributed by atoms with Crippen molar-refractivity contribution in [3.63, 3.8) is 0 Å². The summed E-state index contributed by atoms with van der Waals surface area (Å²) in [6.07, 6.45) is 0. The van der Waals surface area contributed by atoms with Crippen LogP contribution in [0.3, 0.4) is 0 Å². The Hall–Kier alpha value is -4.01. The van der Waals surface area contributed by atoms with E-state index in [1.54, 1.807) is 4.68 Å². The van der Waals surface area contributed by atoms with Crippen LogP contribution in [0.2, 0.25) is 0 Å². The molecule has 9 heteroatoms. The summed E-state index contributed by atoms with van der Waals surface area (Å²) >= 11 is 0. The van der Waals surface area contributed by atoms with E-state index in [1.165, 1.54) is 29.2 Å². The van der Waals surface area contributed by atoms with Crippen molar-refractivity contribution in [2.24, 2.45) is 5.92 Å². The third kappa shape index (κ3) is 6.35. The fraction of sp³-hybridized carbons (Fsp3) is 0.370. The fourth-order valence-corrected chi connectivity index (χ4v) is 3.77. The molecule has 36 heavy (non-hydrogen) atoms. The highest BCUT2D eigenvalue weighted by Gasteiger charge is 2.25. The van der Waals surface area contributed by atoms with Crippen LogP contribution in [0.5, 0.6) is 0 Å². The number of rotatable bonds is 8. The predicted molar refractivity (Wildman–Crippen MR) is 139 cm³/mol. The van der Waals surface area contributed by atoms with E-state index >= 15 is 0 Å². The standard InChI is InChI=1S/C27H33N5O4/c1-18(2)16-30(26(34)20-11-9-12-21(14-20)32(35)36)17-25(33)28-24-15-23(27(4,5)6)29-31(24)22-13-8-7-10-19(22)3/h7-15,18H,16-17H2,1-6H3,(H,28,33). The van der Waals surface area contributed by atoms with Gasteiger partial charge < -0.3 is 10.2 Å². The fourth-order valence-electron chi connectivity index (χ4n) is 3.77. The number of non-ortho nitro benzene ring substituents is 1. The Kier molecular flexibility index (Phi) is 7.92. The second-order valence-corrected chi connectivity index (χ2v) is 10.3. The molecule has 190 valence electrons. The lowest BCUT2D eigenvalue weighted by atomic mass is 9.92. The number of nitrogens with zero attached hydrogens (tertiary/aromatic N) is 4. The van der Waals surface area contributed by atoms with Crippen molar-refractivity contribution in [3.8, 4) is 5.69 Å². The molecule has 1 N–H and O–H groups in total. The van der Waals surface area contributed by atoms with Gasteiger partial charge in [0, 0.05) is 35.7 Å². The number of nitro benzene ring substituents is 1. The number of nitrogens with one attached hydrogen (secondary N) is 1. The van der Waals surface area contributed by atoms with Gasteiger partial charge in [0.1, 0.15) is 12.4 Å². The van der Waals surface area contributed by atoms with Crippen molar-refractivity contribution < 1.29 is 14.5 Å². The van der Waals surface area contributed by atoms with Crippen molar-refractivity contribution in [2.45, 2.75) is 47.0 Å². The van der Waals surface area contributed by atoms with Gasteiger partial charge in [-0.3, -0.25) is 19.7 Å². The minimum atomic E-state index is -0.546. The molecule has 0 saturated heterocycles. The van der Waals surface area contributed by atoms with Gasteiger partial charge in [0.15, 0.2) is 0 Å². The zero-order valence-corrected chi connectivity index (χ0v) is 21.6. The number of aromatic nitrogens is 2. The van der Waals surface area contributed by atoms with Gasteiger partial charge in [0.25, 0.3) is 11.6 Å². The maximum atomic E-state index is 13.2. The highest BCUT2D eigenvalue weighted by atomic mass is 16.6. The third-order valence-electron chi connectivity index (χ3n) is 5.60. The Labute approximate surface area is 211 Å². The van der Waals surface area contributed by atoms with Crippen LogP contribution >= 0.6 is 0 Å². The van der Waals surface area contributed by atoms with Gasteiger partial charge in [-0.1, -0.05) is 58.9 Å². The monoisotopic (exact) mass is 491 g/mol. The van der Waals surface area contributed by atoms with Crippen LogP contribution in [0.15, 0.2) is 54.6 Å². The van der Waals surface area contributed by atoms with Gasteiger partial charge in [-0.2, -0.15) is 5.10 Å². The van der Waals surface area contributed by atoms with E-state index < -0.39 is 10.8 Å². The zero-order valence-electron chi connectivity index (χ0n) is 21.6. The van der Waals surface area contributed by atoms with Gasteiger partial charge in [-0.05, 0) is 30.5 Å². The molecule has 0 aliphatic heterocycles. The second kappa shape index (κ2) is 10.7. The Morgan fingerprint density at radius 3 is 2.42 bits per heavy atom. The molecule has 3 rings (SSSR count). The van der Waals surface area contributed by atoms with Gasteiger partial charge >= 0.3 is 0 Å². The molecule has 1 heterocycles. The first kappa shape index (κ1) is 26.6. The number of carbonyl (C=O) groups excluding carboxylic acids is 2. The average Bonchev–Trinajstić information content (AvgIpc) is 3.22. The largest absolute Gasteiger partial charge is 0.329 e. The molecule has 0 radical (unpaired) electrons. The molecule has 0 saturated carbocycles. The number of para-hydroxylation sites is 1. The van der Waals surface area contributed by atoms with Crippen LogP contribution in [-0.2, 0) is 10.2 Å². The number of aryl methyl sites for hydroxylation is 1. The van der Waals surface area contributed by atoms with Crippen LogP contribution in [-0.4, -0.2) is 44.5 Å². The molecule has 0 bridgehead atoms. The van der Waals surface area contributed by atoms with Crippen LogP contribution in [0.25, 0.3) is 5.69 Å². The van der Waals surface area contributed by atoms with Gasteiger partial charge in [-0.25, -0.2) is 4.68 Å². The third-order valence-corrected chi connectivity index (χ3v) is 5.60. The highest BCUT2D eigenvalue weighted by molar-refractivity contribution is 5.99. The lowest BCUT2D eigenvalue weighted by Gasteiger charge is -2.24. The zero-order chi connectivity index (χ0) is 26.6. The van der Waals surface area contributed by atoms with E-state index in [1.807, 2.05) is 71.9 Å². The smallest absolute Gasteiger partial charge is 0.270 e. The van der Waals surface area contributed by atoms with E-state index in [0.29, 0.717) is 12.4 Å². The molecule has 0 unspecified atom stereocenters. The molecule has 0 fully saturated rings. The number of hydrogen-bond acceptors (Lipinski definition) is 5. The van der Waals surface area contributed by atoms with E-state index in [2.05, 4.69) is 5.32 Å².